The van der Waals surface area contributed by atoms with E-state index >= 15 is 0 Å². The Bertz CT molecular complexity index is 909. The number of hydrogen-bond acceptors (Lipinski definition) is 3. The molecule has 1 aromatic heterocycles. The number of rotatable bonds is 3. The van der Waals surface area contributed by atoms with Crippen molar-refractivity contribution in [3.8, 4) is 5.69 Å². The molecule has 0 saturated carbocycles. The molecule has 1 atom stereocenters. The van der Waals surface area contributed by atoms with Crippen molar-refractivity contribution in [2.75, 3.05) is 13.1 Å². The summed E-state index contributed by atoms with van der Waals surface area (Å²) >= 11 is 0. The number of nitrogens with zero attached hydrogens (tertiary/aromatic N) is 3. The minimum Gasteiger partial charge on any atom is -0.481 e. The van der Waals surface area contributed by atoms with E-state index in [1.54, 1.807) is 0 Å². The Balaban J connectivity index is 1.72. The minimum absolute atomic E-state index is 0.0213. The fourth-order valence-electron chi connectivity index (χ4n) is 3.76. The summed E-state index contributed by atoms with van der Waals surface area (Å²) in [6, 6.07) is 3.86. The highest BCUT2D eigenvalue weighted by atomic mass is 19.2. The maximum Gasteiger partial charge on any atom is 0.308 e. The Morgan fingerprint density at radius 1 is 1.23 bits per heavy atom. The van der Waals surface area contributed by atoms with Crippen LogP contribution in [0.2, 0.25) is 0 Å². The number of carboxylic acid groups (broad SMARTS) is 1. The van der Waals surface area contributed by atoms with E-state index < -0.39 is 23.5 Å². The van der Waals surface area contributed by atoms with Crippen molar-refractivity contribution in [3.63, 3.8) is 0 Å². The van der Waals surface area contributed by atoms with Gasteiger partial charge in [0.1, 0.15) is 5.69 Å². The number of amides is 1. The van der Waals surface area contributed by atoms with Gasteiger partial charge in [0.05, 0.1) is 5.92 Å². The van der Waals surface area contributed by atoms with Crippen LogP contribution >= 0.6 is 0 Å². The van der Waals surface area contributed by atoms with Crippen LogP contribution in [0.5, 0.6) is 0 Å². The number of fused-ring (bicyclic) bond motifs is 1. The molecule has 8 heteroatoms. The molecule has 1 aliphatic carbocycles. The summed E-state index contributed by atoms with van der Waals surface area (Å²) in [6.07, 6.45) is 2.48. The van der Waals surface area contributed by atoms with E-state index in [0.717, 1.165) is 18.1 Å². The average molecular weight is 361 g/mol. The first-order valence-electron chi connectivity index (χ1n) is 8.54. The van der Waals surface area contributed by atoms with Gasteiger partial charge < -0.3 is 10.0 Å². The van der Waals surface area contributed by atoms with E-state index in [1.807, 2.05) is 0 Å². The molecule has 6 nitrogen and oxygen atoms in total. The molecule has 1 aromatic carbocycles. The van der Waals surface area contributed by atoms with Gasteiger partial charge in [-0.25, -0.2) is 13.5 Å². The first-order valence-corrected chi connectivity index (χ1v) is 8.54. The van der Waals surface area contributed by atoms with E-state index in [-0.39, 0.29) is 23.8 Å². The van der Waals surface area contributed by atoms with Gasteiger partial charge >= 0.3 is 5.97 Å². The summed E-state index contributed by atoms with van der Waals surface area (Å²) in [4.78, 5) is 25.5. The number of hydrogen-bond donors (Lipinski definition) is 1. The summed E-state index contributed by atoms with van der Waals surface area (Å²) in [7, 11) is 0. The van der Waals surface area contributed by atoms with Crippen molar-refractivity contribution < 1.29 is 23.5 Å². The first kappa shape index (κ1) is 16.7. The molecule has 2 aromatic rings. The zero-order chi connectivity index (χ0) is 18.4. The van der Waals surface area contributed by atoms with E-state index in [4.69, 9.17) is 5.11 Å². The van der Waals surface area contributed by atoms with E-state index in [1.165, 1.54) is 21.7 Å². The highest BCUT2D eigenvalue weighted by Gasteiger charge is 2.35. The lowest BCUT2D eigenvalue weighted by atomic mass is 10.1. The lowest BCUT2D eigenvalue weighted by Gasteiger charge is -2.14. The van der Waals surface area contributed by atoms with Gasteiger partial charge in [0.25, 0.3) is 5.91 Å². The quantitative estimate of drug-likeness (QED) is 0.909. The van der Waals surface area contributed by atoms with E-state index in [0.29, 0.717) is 31.5 Å². The SMILES string of the molecule is O=C(O)C1CCN(C(=O)c2nn(-c3cccc(F)c3F)c3c2CCC3)C1. The number of aromatic nitrogens is 2. The Kier molecular flexibility index (Phi) is 3.97. The molecular formula is C18H17F2N3O3. The standard InChI is InChI=1S/C18H17F2N3O3/c19-12-4-2-6-14(15(12)20)23-13-5-1-3-11(13)16(21-23)17(24)22-8-7-10(9-22)18(25)26/h2,4,6,10H,1,3,5,7-9H2,(H,25,26). The maximum atomic E-state index is 14.2. The zero-order valence-corrected chi connectivity index (χ0v) is 13.9. The monoisotopic (exact) mass is 361 g/mol. The molecule has 0 bridgehead atoms. The van der Waals surface area contributed by atoms with Crippen LogP contribution in [0.15, 0.2) is 18.2 Å². The van der Waals surface area contributed by atoms with Gasteiger partial charge in [0, 0.05) is 24.3 Å². The molecule has 1 fully saturated rings. The number of carbonyl (C=O) groups is 2. The molecule has 26 heavy (non-hydrogen) atoms. The zero-order valence-electron chi connectivity index (χ0n) is 13.9. The predicted octanol–water partition coefficient (Wildman–Crippen LogP) is 2.19. The number of benzene rings is 1. The van der Waals surface area contributed by atoms with Gasteiger partial charge in [-0.05, 0) is 37.8 Å². The summed E-state index contributed by atoms with van der Waals surface area (Å²) in [5, 5.41) is 13.4. The van der Waals surface area contributed by atoms with Crippen LogP contribution < -0.4 is 0 Å². The second kappa shape index (κ2) is 6.19. The van der Waals surface area contributed by atoms with Crippen molar-refractivity contribution >= 4 is 11.9 Å². The van der Waals surface area contributed by atoms with Crippen LogP contribution in [0.4, 0.5) is 8.78 Å². The highest BCUT2D eigenvalue weighted by molar-refractivity contribution is 5.95. The third kappa shape index (κ3) is 2.56. The second-order valence-electron chi connectivity index (χ2n) is 6.69. The van der Waals surface area contributed by atoms with Gasteiger partial charge in [-0.15, -0.1) is 0 Å². The third-order valence-corrected chi connectivity index (χ3v) is 5.12. The van der Waals surface area contributed by atoms with E-state index in [2.05, 4.69) is 5.10 Å². The Morgan fingerprint density at radius 2 is 2.04 bits per heavy atom. The van der Waals surface area contributed by atoms with Gasteiger partial charge in [-0.1, -0.05) is 6.07 Å². The van der Waals surface area contributed by atoms with Gasteiger partial charge in [-0.3, -0.25) is 9.59 Å². The molecule has 0 spiro atoms. The Labute approximate surface area is 148 Å². The van der Waals surface area contributed by atoms with Crippen molar-refractivity contribution in [1.29, 1.82) is 0 Å². The molecule has 2 heterocycles. The van der Waals surface area contributed by atoms with Crippen molar-refractivity contribution in [2.45, 2.75) is 25.7 Å². The topological polar surface area (TPSA) is 75.4 Å². The summed E-state index contributed by atoms with van der Waals surface area (Å²) in [5.74, 6) is -3.81. The molecule has 4 rings (SSSR count). The molecule has 1 N–H and O–H groups in total. The molecular weight excluding hydrogens is 344 g/mol. The lowest BCUT2D eigenvalue weighted by molar-refractivity contribution is -0.141. The molecule has 136 valence electrons. The Hall–Kier alpha value is -2.77. The van der Waals surface area contributed by atoms with Crippen molar-refractivity contribution in [2.24, 2.45) is 5.92 Å². The highest BCUT2D eigenvalue weighted by Crippen LogP contribution is 2.30. The molecule has 1 unspecified atom stereocenters. The number of carbonyl (C=O) groups excluding carboxylic acids is 1. The molecule has 1 aliphatic heterocycles. The molecule has 1 amide bonds. The fraction of sp³-hybridized carbons (Fsp3) is 0.389. The van der Waals surface area contributed by atoms with Crippen LogP contribution in [0.25, 0.3) is 5.69 Å². The first-order chi connectivity index (χ1) is 12.5. The normalized spacial score (nSPS) is 19.0. The maximum absolute atomic E-state index is 14.2. The number of carboxylic acids is 1. The van der Waals surface area contributed by atoms with Gasteiger partial charge in [0.15, 0.2) is 17.3 Å². The second-order valence-corrected chi connectivity index (χ2v) is 6.69. The summed E-state index contributed by atoms with van der Waals surface area (Å²) in [5.41, 5.74) is 1.66. The Morgan fingerprint density at radius 3 is 2.77 bits per heavy atom. The van der Waals surface area contributed by atoms with Crippen LogP contribution in [0.1, 0.15) is 34.6 Å². The number of halogens is 2. The van der Waals surface area contributed by atoms with Crippen LogP contribution in [-0.2, 0) is 17.6 Å². The summed E-state index contributed by atoms with van der Waals surface area (Å²) in [6.45, 7) is 0.496. The molecule has 1 saturated heterocycles. The van der Waals surface area contributed by atoms with Gasteiger partial charge in [0.2, 0.25) is 0 Å². The minimum atomic E-state index is -1.00. The largest absolute Gasteiger partial charge is 0.481 e. The molecule has 2 aliphatic rings. The lowest BCUT2D eigenvalue weighted by Crippen LogP contribution is -2.31. The van der Waals surface area contributed by atoms with Crippen LogP contribution in [0, 0.1) is 17.6 Å². The van der Waals surface area contributed by atoms with Crippen molar-refractivity contribution in [1.82, 2.24) is 14.7 Å². The number of likely N-dealkylation sites (tertiary alicyclic amines) is 1. The number of aliphatic carboxylic acids is 1. The predicted molar refractivity (Wildman–Crippen MR) is 87.2 cm³/mol. The smallest absolute Gasteiger partial charge is 0.308 e. The molecule has 0 radical (unpaired) electrons. The van der Waals surface area contributed by atoms with E-state index in [9.17, 15) is 18.4 Å². The third-order valence-electron chi connectivity index (χ3n) is 5.12. The van der Waals surface area contributed by atoms with Crippen LogP contribution in [-0.4, -0.2) is 44.8 Å². The van der Waals surface area contributed by atoms with Crippen LogP contribution in [0.3, 0.4) is 0 Å². The van der Waals surface area contributed by atoms with Crippen molar-refractivity contribution in [3.05, 3.63) is 46.8 Å². The fourth-order valence-corrected chi connectivity index (χ4v) is 3.76. The average Bonchev–Trinajstić information content (AvgIpc) is 3.33. The summed E-state index contributed by atoms with van der Waals surface area (Å²) < 4.78 is 29.1. The van der Waals surface area contributed by atoms with Gasteiger partial charge in [-0.2, -0.15) is 5.10 Å².